The first-order valence-electron chi connectivity index (χ1n) is 11.6. The summed E-state index contributed by atoms with van der Waals surface area (Å²) in [5.74, 6) is 0. The maximum absolute atomic E-state index is 6.42. The Morgan fingerprint density at radius 1 is 0.824 bits per heavy atom. The van der Waals surface area contributed by atoms with Crippen LogP contribution in [0.15, 0.2) is 108 Å². The van der Waals surface area contributed by atoms with Crippen LogP contribution in [0.2, 0.25) is 0 Å². The Morgan fingerprint density at radius 3 is 2.56 bits per heavy atom. The summed E-state index contributed by atoms with van der Waals surface area (Å²) in [6.07, 6.45) is 12.9. The van der Waals surface area contributed by atoms with Crippen molar-refractivity contribution in [3.63, 3.8) is 0 Å². The quantitative estimate of drug-likeness (QED) is 0.281. The molecule has 0 fully saturated rings. The largest absolute Gasteiger partial charge is 0.456 e. The lowest BCUT2D eigenvalue weighted by Crippen LogP contribution is -2.26. The second-order valence-corrected chi connectivity index (χ2v) is 8.92. The van der Waals surface area contributed by atoms with Gasteiger partial charge in [0.25, 0.3) is 0 Å². The average molecular weight is 439 g/mol. The van der Waals surface area contributed by atoms with Gasteiger partial charge in [0.2, 0.25) is 0 Å². The van der Waals surface area contributed by atoms with Crippen molar-refractivity contribution in [1.29, 1.82) is 0 Å². The third-order valence-corrected chi connectivity index (χ3v) is 6.83. The second kappa shape index (κ2) is 7.32. The molecule has 162 valence electrons. The molecule has 2 aliphatic heterocycles. The number of hydrogen-bond acceptors (Lipinski definition) is 3. The molecular weight excluding hydrogens is 416 g/mol. The zero-order valence-corrected chi connectivity index (χ0v) is 18.8. The topological polar surface area (TPSA) is 29.3 Å². The fraction of sp³-hybridized carbons (Fsp3) is 0.0645. The summed E-state index contributed by atoms with van der Waals surface area (Å²) in [7, 11) is 0. The van der Waals surface area contributed by atoms with E-state index in [0.29, 0.717) is 0 Å². The van der Waals surface area contributed by atoms with Crippen LogP contribution in [-0.4, -0.2) is 9.88 Å². The molecule has 34 heavy (non-hydrogen) atoms. The van der Waals surface area contributed by atoms with Crippen LogP contribution >= 0.6 is 0 Å². The lowest BCUT2D eigenvalue weighted by molar-refractivity contribution is 0.450. The van der Waals surface area contributed by atoms with Crippen molar-refractivity contribution in [2.45, 2.75) is 13.0 Å². The first-order chi connectivity index (χ1) is 16.8. The lowest BCUT2D eigenvalue weighted by Gasteiger charge is -2.37. The van der Waals surface area contributed by atoms with Crippen LogP contribution in [0.5, 0.6) is 0 Å². The van der Waals surface area contributed by atoms with Crippen molar-refractivity contribution in [3.05, 3.63) is 126 Å². The zero-order valence-electron chi connectivity index (χ0n) is 18.8. The summed E-state index contributed by atoms with van der Waals surface area (Å²) >= 11 is 0. The van der Waals surface area contributed by atoms with E-state index in [0.717, 1.165) is 39.1 Å². The first-order valence-corrected chi connectivity index (χ1v) is 11.6. The van der Waals surface area contributed by atoms with Crippen LogP contribution in [0.3, 0.4) is 0 Å². The average Bonchev–Trinajstić information content (AvgIpc) is 3.27. The number of nitrogens with zero attached hydrogens (tertiary/aromatic N) is 2. The summed E-state index contributed by atoms with van der Waals surface area (Å²) in [5, 5.41) is 2.33. The molecule has 3 aromatic carbocycles. The molecule has 0 bridgehead atoms. The van der Waals surface area contributed by atoms with E-state index in [1.54, 1.807) is 0 Å². The number of aryl methyl sites for hydroxylation is 1. The molecule has 3 heteroatoms. The van der Waals surface area contributed by atoms with E-state index in [2.05, 4.69) is 103 Å². The molecule has 0 saturated carbocycles. The van der Waals surface area contributed by atoms with Crippen molar-refractivity contribution in [2.75, 3.05) is 0 Å². The smallest absolute Gasteiger partial charge is 0.141 e. The monoisotopic (exact) mass is 438 g/mol. The number of rotatable bonds is 2. The minimum atomic E-state index is 0.0586. The number of aromatic nitrogens is 1. The molecule has 0 saturated heterocycles. The van der Waals surface area contributed by atoms with E-state index in [4.69, 9.17) is 9.40 Å². The van der Waals surface area contributed by atoms with Crippen LogP contribution in [0.4, 0.5) is 0 Å². The maximum atomic E-state index is 6.42. The highest BCUT2D eigenvalue weighted by Gasteiger charge is 2.31. The van der Waals surface area contributed by atoms with Gasteiger partial charge in [-0.2, -0.15) is 0 Å². The summed E-state index contributed by atoms with van der Waals surface area (Å²) < 4.78 is 6.42. The third-order valence-electron chi connectivity index (χ3n) is 6.83. The Labute approximate surface area is 198 Å². The number of allylic oxidation sites excluding steroid dienone is 2. The maximum Gasteiger partial charge on any atom is 0.141 e. The van der Waals surface area contributed by atoms with Gasteiger partial charge in [0, 0.05) is 39.9 Å². The van der Waals surface area contributed by atoms with E-state index in [1.807, 2.05) is 18.3 Å². The van der Waals surface area contributed by atoms with Gasteiger partial charge in [-0.15, -0.1) is 0 Å². The van der Waals surface area contributed by atoms with Gasteiger partial charge in [-0.1, -0.05) is 66.7 Å². The number of benzene rings is 3. The molecule has 0 radical (unpaired) electrons. The molecule has 3 nitrogen and oxygen atoms in total. The fourth-order valence-corrected chi connectivity index (χ4v) is 5.21. The molecule has 0 spiro atoms. The first kappa shape index (κ1) is 19.1. The summed E-state index contributed by atoms with van der Waals surface area (Å²) in [6.45, 7) is 2.07. The molecular formula is C31H22N2O. The molecule has 0 aliphatic carbocycles. The Balaban J connectivity index is 1.48. The van der Waals surface area contributed by atoms with Crippen LogP contribution in [0, 0.1) is 6.92 Å². The van der Waals surface area contributed by atoms with Crippen LogP contribution < -0.4 is 0 Å². The SMILES string of the molecule is Cc1ccc(-c2ccccc2C2=Cc3ccc4c(oc5ccccc54)c3C3C=CC=CN23)nc1. The van der Waals surface area contributed by atoms with Crippen LogP contribution in [-0.2, 0) is 0 Å². The standard InChI is InChI=1S/C31H22N2O/c1-20-13-16-26(32-19-20)22-8-2-3-9-23(22)28-18-21-14-15-25-24-10-4-5-12-29(24)34-31(25)30(21)27-11-6-7-17-33(27)28/h2-19,27H,1H3. The van der Waals surface area contributed by atoms with Gasteiger partial charge in [0.1, 0.15) is 11.2 Å². The molecule has 0 amide bonds. The highest BCUT2D eigenvalue weighted by Crippen LogP contribution is 2.46. The molecule has 7 rings (SSSR count). The van der Waals surface area contributed by atoms with Crippen LogP contribution in [0.25, 0.3) is 45.0 Å². The van der Waals surface area contributed by atoms with E-state index in [9.17, 15) is 0 Å². The predicted octanol–water partition coefficient (Wildman–Crippen LogP) is 7.89. The number of para-hydroxylation sites is 1. The molecule has 5 aromatic rings. The van der Waals surface area contributed by atoms with Crippen molar-refractivity contribution < 1.29 is 4.42 Å². The van der Waals surface area contributed by atoms with Crippen molar-refractivity contribution in [3.8, 4) is 11.3 Å². The van der Waals surface area contributed by atoms with E-state index >= 15 is 0 Å². The van der Waals surface area contributed by atoms with E-state index in [-0.39, 0.29) is 6.04 Å². The second-order valence-electron chi connectivity index (χ2n) is 8.92. The zero-order chi connectivity index (χ0) is 22.6. The number of fused-ring (bicyclic) bond motifs is 7. The van der Waals surface area contributed by atoms with Gasteiger partial charge in [-0.25, -0.2) is 0 Å². The number of furan rings is 1. The Hall–Kier alpha value is -4.37. The van der Waals surface area contributed by atoms with E-state index < -0.39 is 0 Å². The minimum absolute atomic E-state index is 0.0586. The Kier molecular flexibility index (Phi) is 4.12. The van der Waals surface area contributed by atoms with Crippen LogP contribution in [0.1, 0.15) is 28.3 Å². The Bertz CT molecular complexity index is 1670. The Morgan fingerprint density at radius 2 is 1.68 bits per heavy atom. The van der Waals surface area contributed by atoms with E-state index in [1.165, 1.54) is 22.1 Å². The number of hydrogen-bond donors (Lipinski definition) is 0. The molecule has 4 heterocycles. The molecule has 0 N–H and O–H groups in total. The molecule has 2 aromatic heterocycles. The number of pyridine rings is 1. The highest BCUT2D eigenvalue weighted by molar-refractivity contribution is 6.08. The van der Waals surface area contributed by atoms with Gasteiger partial charge >= 0.3 is 0 Å². The molecule has 1 atom stereocenters. The van der Waals surface area contributed by atoms with Crippen molar-refractivity contribution >= 4 is 33.7 Å². The summed E-state index contributed by atoms with van der Waals surface area (Å²) in [5.41, 5.74) is 9.89. The van der Waals surface area contributed by atoms with Gasteiger partial charge in [-0.3, -0.25) is 4.98 Å². The fourth-order valence-electron chi connectivity index (χ4n) is 5.21. The molecule has 2 aliphatic rings. The summed E-state index contributed by atoms with van der Waals surface area (Å²) in [6, 6.07) is 25.5. The van der Waals surface area contributed by atoms with Gasteiger partial charge in [0.15, 0.2) is 0 Å². The summed E-state index contributed by atoms with van der Waals surface area (Å²) in [4.78, 5) is 7.07. The highest BCUT2D eigenvalue weighted by atomic mass is 16.3. The third kappa shape index (κ3) is 2.80. The lowest BCUT2D eigenvalue weighted by atomic mass is 9.88. The molecule has 1 unspecified atom stereocenters. The normalized spacial score (nSPS) is 16.6. The minimum Gasteiger partial charge on any atom is -0.456 e. The van der Waals surface area contributed by atoms with Gasteiger partial charge in [0.05, 0.1) is 17.4 Å². The van der Waals surface area contributed by atoms with Crippen molar-refractivity contribution in [1.82, 2.24) is 9.88 Å². The predicted molar refractivity (Wildman–Crippen MR) is 139 cm³/mol. The van der Waals surface area contributed by atoms with Crippen molar-refractivity contribution in [2.24, 2.45) is 0 Å². The van der Waals surface area contributed by atoms with Gasteiger partial charge < -0.3 is 9.32 Å². The van der Waals surface area contributed by atoms with Gasteiger partial charge in [-0.05, 0) is 48.4 Å².